The highest BCUT2D eigenvalue weighted by atomic mass is 19.1. The molecule has 26 heavy (non-hydrogen) atoms. The molecule has 0 heterocycles. The lowest BCUT2D eigenvalue weighted by atomic mass is 10.1. The van der Waals surface area contributed by atoms with Gasteiger partial charge in [-0.15, -0.1) is 0 Å². The van der Waals surface area contributed by atoms with Gasteiger partial charge in [0.15, 0.2) is 0 Å². The van der Waals surface area contributed by atoms with Crippen LogP contribution >= 0.6 is 0 Å². The number of carbonyl (C=O) groups is 2. The minimum atomic E-state index is -0.919. The van der Waals surface area contributed by atoms with Crippen LogP contribution in [0, 0.1) is 5.82 Å². The molecule has 0 aliphatic rings. The monoisotopic (exact) mass is 359 g/mol. The number of halogens is 1. The van der Waals surface area contributed by atoms with Crippen molar-refractivity contribution in [3.63, 3.8) is 0 Å². The molecule has 138 valence electrons. The average molecular weight is 359 g/mol. The maximum absolute atomic E-state index is 13.3. The highest BCUT2D eigenvalue weighted by Crippen LogP contribution is 2.09. The largest absolute Gasteiger partial charge is 0.467 e. The number of hydrogen-bond donors (Lipinski definition) is 1. The lowest BCUT2D eigenvalue weighted by Gasteiger charge is -2.19. The molecule has 0 radical (unpaired) electrons. The fraction of sp³-hybridized carbons (Fsp3) is 0.300. The molecule has 2 atom stereocenters. The first-order valence-corrected chi connectivity index (χ1v) is 8.27. The van der Waals surface area contributed by atoms with Crippen molar-refractivity contribution in [1.82, 2.24) is 5.32 Å². The molecule has 0 bridgehead atoms. The molecule has 0 unspecified atom stereocenters. The zero-order chi connectivity index (χ0) is 18.9. The van der Waals surface area contributed by atoms with E-state index in [1.165, 1.54) is 19.2 Å². The Kier molecular flexibility index (Phi) is 7.29. The number of rotatable bonds is 8. The molecule has 6 heteroatoms. The second kappa shape index (κ2) is 9.68. The quantitative estimate of drug-likeness (QED) is 0.736. The van der Waals surface area contributed by atoms with Crippen LogP contribution in [-0.4, -0.2) is 31.1 Å². The molecule has 1 N–H and O–H groups in total. The van der Waals surface area contributed by atoms with Gasteiger partial charge >= 0.3 is 5.97 Å². The number of esters is 1. The molecule has 2 aromatic rings. The summed E-state index contributed by atoms with van der Waals surface area (Å²) in [5.41, 5.74) is 1.52. The summed E-state index contributed by atoms with van der Waals surface area (Å²) in [6.07, 6.45) is -0.628. The number of hydrogen-bond acceptors (Lipinski definition) is 4. The third-order valence-corrected chi connectivity index (χ3v) is 3.84. The molecule has 0 aliphatic carbocycles. The highest BCUT2D eigenvalue weighted by Gasteiger charge is 2.25. The zero-order valence-corrected chi connectivity index (χ0v) is 14.8. The van der Waals surface area contributed by atoms with Crippen LogP contribution in [0.4, 0.5) is 4.39 Å². The van der Waals surface area contributed by atoms with Crippen molar-refractivity contribution in [2.75, 3.05) is 7.11 Å². The summed E-state index contributed by atoms with van der Waals surface area (Å²) in [5.74, 6) is -1.44. The van der Waals surface area contributed by atoms with E-state index in [-0.39, 0.29) is 13.0 Å². The number of carbonyl (C=O) groups excluding carboxylic acids is 2. The SMILES string of the molecule is COC(=O)[C@H](Cc1cccc(F)c1)NC(=O)[C@H](C)OCc1ccccc1. The molecule has 5 nitrogen and oxygen atoms in total. The van der Waals surface area contributed by atoms with Gasteiger partial charge in [-0.05, 0) is 30.2 Å². The predicted molar refractivity (Wildman–Crippen MR) is 94.7 cm³/mol. The third-order valence-electron chi connectivity index (χ3n) is 3.84. The Morgan fingerprint density at radius 3 is 2.42 bits per heavy atom. The summed E-state index contributed by atoms with van der Waals surface area (Å²) in [6, 6.07) is 14.4. The van der Waals surface area contributed by atoms with E-state index in [1.807, 2.05) is 30.3 Å². The minimum absolute atomic E-state index is 0.127. The molecular weight excluding hydrogens is 337 g/mol. The van der Waals surface area contributed by atoms with E-state index in [0.717, 1.165) is 5.56 Å². The lowest BCUT2D eigenvalue weighted by Crippen LogP contribution is -2.47. The minimum Gasteiger partial charge on any atom is -0.467 e. The Morgan fingerprint density at radius 1 is 1.08 bits per heavy atom. The summed E-state index contributed by atoms with van der Waals surface area (Å²) < 4.78 is 23.6. The van der Waals surface area contributed by atoms with Gasteiger partial charge < -0.3 is 14.8 Å². The van der Waals surface area contributed by atoms with Crippen LogP contribution in [0.2, 0.25) is 0 Å². The molecule has 2 aromatic carbocycles. The molecule has 0 spiro atoms. The van der Waals surface area contributed by atoms with E-state index in [0.29, 0.717) is 5.56 Å². The normalized spacial score (nSPS) is 12.9. The lowest BCUT2D eigenvalue weighted by molar-refractivity contribution is -0.147. The molecule has 0 saturated carbocycles. The van der Waals surface area contributed by atoms with Crippen LogP contribution in [0.15, 0.2) is 54.6 Å². The molecule has 0 aromatic heterocycles. The first-order valence-electron chi connectivity index (χ1n) is 8.27. The number of ether oxygens (including phenoxy) is 2. The summed E-state index contributed by atoms with van der Waals surface area (Å²) in [5, 5.41) is 2.61. The highest BCUT2D eigenvalue weighted by molar-refractivity contribution is 5.86. The first kappa shape index (κ1) is 19.6. The van der Waals surface area contributed by atoms with Gasteiger partial charge in [0.05, 0.1) is 13.7 Å². The number of nitrogens with one attached hydrogen (secondary N) is 1. The number of benzene rings is 2. The van der Waals surface area contributed by atoms with Crippen LogP contribution in [0.5, 0.6) is 0 Å². The maximum atomic E-state index is 13.3. The summed E-state index contributed by atoms with van der Waals surface area (Å²) in [6.45, 7) is 1.89. The van der Waals surface area contributed by atoms with Gasteiger partial charge in [-0.25, -0.2) is 9.18 Å². The van der Waals surface area contributed by atoms with Crippen LogP contribution in [-0.2, 0) is 32.1 Å². The van der Waals surface area contributed by atoms with Crippen LogP contribution < -0.4 is 5.32 Å². The van der Waals surface area contributed by atoms with Gasteiger partial charge in [0, 0.05) is 6.42 Å². The molecule has 2 rings (SSSR count). The van der Waals surface area contributed by atoms with E-state index in [9.17, 15) is 14.0 Å². The van der Waals surface area contributed by atoms with E-state index >= 15 is 0 Å². The summed E-state index contributed by atoms with van der Waals surface area (Å²) in [4.78, 5) is 24.3. The second-order valence-electron chi connectivity index (χ2n) is 5.86. The average Bonchev–Trinajstić information content (AvgIpc) is 2.65. The van der Waals surface area contributed by atoms with Crippen molar-refractivity contribution in [1.29, 1.82) is 0 Å². The van der Waals surface area contributed by atoms with Crippen molar-refractivity contribution in [2.24, 2.45) is 0 Å². The molecule has 1 amide bonds. The Balaban J connectivity index is 1.95. The Bertz CT molecular complexity index is 736. The molecule has 0 saturated heterocycles. The number of methoxy groups -OCH3 is 1. The predicted octanol–water partition coefficient (Wildman–Crippen LogP) is 2.63. The smallest absolute Gasteiger partial charge is 0.328 e. The zero-order valence-electron chi connectivity index (χ0n) is 14.8. The van der Waals surface area contributed by atoms with Crippen molar-refractivity contribution >= 4 is 11.9 Å². The van der Waals surface area contributed by atoms with Crippen molar-refractivity contribution in [2.45, 2.75) is 32.1 Å². The van der Waals surface area contributed by atoms with E-state index < -0.39 is 29.8 Å². The van der Waals surface area contributed by atoms with E-state index in [1.54, 1.807) is 19.1 Å². The summed E-state index contributed by atoms with van der Waals surface area (Å²) >= 11 is 0. The molecule has 0 fully saturated rings. The molecule has 0 aliphatic heterocycles. The number of amides is 1. The summed E-state index contributed by atoms with van der Waals surface area (Å²) in [7, 11) is 1.24. The molecular formula is C20H22FNO4. The van der Waals surface area contributed by atoms with Gasteiger partial charge in [-0.1, -0.05) is 42.5 Å². The van der Waals surface area contributed by atoms with E-state index in [2.05, 4.69) is 5.32 Å². The maximum Gasteiger partial charge on any atom is 0.328 e. The van der Waals surface area contributed by atoms with Crippen molar-refractivity contribution < 1.29 is 23.5 Å². The van der Waals surface area contributed by atoms with Gasteiger partial charge in [0.2, 0.25) is 5.91 Å². The Labute approximate surface area is 152 Å². The van der Waals surface area contributed by atoms with Crippen molar-refractivity contribution in [3.8, 4) is 0 Å². The van der Waals surface area contributed by atoms with Gasteiger partial charge in [0.25, 0.3) is 0 Å². The second-order valence-corrected chi connectivity index (χ2v) is 5.86. The first-order chi connectivity index (χ1) is 12.5. The fourth-order valence-corrected chi connectivity index (χ4v) is 2.40. The van der Waals surface area contributed by atoms with Crippen LogP contribution in [0.25, 0.3) is 0 Å². The van der Waals surface area contributed by atoms with Crippen molar-refractivity contribution in [3.05, 3.63) is 71.5 Å². The van der Waals surface area contributed by atoms with Gasteiger partial charge in [0.1, 0.15) is 18.0 Å². The van der Waals surface area contributed by atoms with E-state index in [4.69, 9.17) is 9.47 Å². The van der Waals surface area contributed by atoms with Crippen LogP contribution in [0.3, 0.4) is 0 Å². The van der Waals surface area contributed by atoms with Gasteiger partial charge in [-0.3, -0.25) is 4.79 Å². The van der Waals surface area contributed by atoms with Crippen LogP contribution in [0.1, 0.15) is 18.1 Å². The fourth-order valence-electron chi connectivity index (χ4n) is 2.40. The Morgan fingerprint density at radius 2 is 1.77 bits per heavy atom. The topological polar surface area (TPSA) is 64.6 Å². The van der Waals surface area contributed by atoms with Gasteiger partial charge in [-0.2, -0.15) is 0 Å². The standard InChI is InChI=1S/C20H22FNO4/c1-14(26-13-15-7-4-3-5-8-15)19(23)22-18(20(24)25-2)12-16-9-6-10-17(21)11-16/h3-11,14,18H,12-13H2,1-2H3,(H,22,23)/t14-,18-/m0/s1. The third kappa shape index (κ3) is 5.97. The Hall–Kier alpha value is -2.73.